The summed E-state index contributed by atoms with van der Waals surface area (Å²) >= 11 is 3.72. The lowest BCUT2D eigenvalue weighted by Crippen LogP contribution is -2.12. The number of benzene rings is 5. The first kappa shape index (κ1) is 29.2. The summed E-state index contributed by atoms with van der Waals surface area (Å²) < 4.78 is 6.23. The molecular formula is C45H29N3S2. The van der Waals surface area contributed by atoms with Crippen molar-refractivity contribution < 1.29 is 0 Å². The smallest absolute Gasteiger partial charge is 0.101 e. The molecule has 8 aromatic rings. The molecule has 1 unspecified atom stereocenters. The van der Waals surface area contributed by atoms with E-state index < -0.39 is 0 Å². The largest absolute Gasteiger partial charge is 0.308 e. The van der Waals surface area contributed by atoms with Crippen LogP contribution in [0.3, 0.4) is 0 Å². The van der Waals surface area contributed by atoms with Crippen LogP contribution >= 0.6 is 22.7 Å². The Balaban J connectivity index is 1.09. The SMILES string of the molecule is C[C@H]1C=Cc2c(c3ccccc3n2-c2c(C#N)cccc2C2C=Cc3sc4cc5c(cc4c3C2)sc2ccc(-c3cccc(C#N)c3)cc25)C1. The van der Waals surface area contributed by atoms with Crippen LogP contribution in [0.2, 0.25) is 0 Å². The zero-order valence-electron chi connectivity index (χ0n) is 27.3. The van der Waals surface area contributed by atoms with Crippen molar-refractivity contribution in [2.45, 2.75) is 25.7 Å². The van der Waals surface area contributed by atoms with Crippen LogP contribution in [-0.2, 0) is 12.8 Å². The standard InChI is InChI=1S/C45H29N3S2/c1-26-12-15-40-34(18-26)33-9-2-3-11-39(33)48(40)45-31(25-47)8-5-10-32(45)30-14-17-42-36(21-30)38-23-43-37(22-44(38)50-42)35-20-29(13-16-41(35)49-43)28-7-4-6-27(19-28)24-46/h2-17,19-20,22-23,26,30H,18,21H2,1H3/t26-,30?/m0/s1. The first-order valence-corrected chi connectivity index (χ1v) is 18.7. The van der Waals surface area contributed by atoms with Gasteiger partial charge in [-0.2, -0.15) is 10.5 Å². The number of allylic oxidation sites excluding steroid dienone is 2. The van der Waals surface area contributed by atoms with Crippen LogP contribution in [0.15, 0.2) is 109 Å². The van der Waals surface area contributed by atoms with Crippen molar-refractivity contribution in [3.05, 3.63) is 148 Å². The molecule has 50 heavy (non-hydrogen) atoms. The van der Waals surface area contributed by atoms with Gasteiger partial charge in [-0.15, -0.1) is 22.7 Å². The van der Waals surface area contributed by atoms with E-state index >= 15 is 0 Å². The molecule has 2 atom stereocenters. The van der Waals surface area contributed by atoms with E-state index in [2.05, 4.69) is 115 Å². The number of hydrogen-bond acceptors (Lipinski definition) is 4. The molecule has 0 amide bonds. The van der Waals surface area contributed by atoms with E-state index in [1.165, 1.54) is 62.9 Å². The molecule has 0 spiro atoms. The zero-order chi connectivity index (χ0) is 33.5. The Morgan fingerprint density at radius 2 is 1.48 bits per heavy atom. The first-order valence-electron chi connectivity index (χ1n) is 17.0. The summed E-state index contributed by atoms with van der Waals surface area (Å²) in [6.45, 7) is 2.27. The highest BCUT2D eigenvalue weighted by Crippen LogP contribution is 2.46. The van der Waals surface area contributed by atoms with E-state index in [1.54, 1.807) is 0 Å². The van der Waals surface area contributed by atoms with Gasteiger partial charge in [-0.1, -0.05) is 67.6 Å². The van der Waals surface area contributed by atoms with Gasteiger partial charge in [0.25, 0.3) is 0 Å². The first-order chi connectivity index (χ1) is 24.6. The van der Waals surface area contributed by atoms with Crippen molar-refractivity contribution >= 4 is 76.0 Å². The summed E-state index contributed by atoms with van der Waals surface area (Å²) in [6.07, 6.45) is 11.1. The predicted molar refractivity (Wildman–Crippen MR) is 210 cm³/mol. The molecule has 3 heterocycles. The van der Waals surface area contributed by atoms with Crippen molar-refractivity contribution in [1.82, 2.24) is 4.57 Å². The van der Waals surface area contributed by atoms with Gasteiger partial charge in [0.05, 0.1) is 28.4 Å². The van der Waals surface area contributed by atoms with Crippen LogP contribution in [0.1, 0.15) is 51.2 Å². The van der Waals surface area contributed by atoms with E-state index in [9.17, 15) is 10.5 Å². The number of aromatic nitrogens is 1. The second-order valence-electron chi connectivity index (χ2n) is 13.6. The summed E-state index contributed by atoms with van der Waals surface area (Å²) in [7, 11) is 0. The van der Waals surface area contributed by atoms with Gasteiger partial charge in [-0.3, -0.25) is 0 Å². The minimum Gasteiger partial charge on any atom is -0.308 e. The maximum absolute atomic E-state index is 10.5. The number of rotatable bonds is 3. The zero-order valence-corrected chi connectivity index (χ0v) is 28.9. The molecule has 0 fully saturated rings. The number of para-hydroxylation sites is 2. The lowest BCUT2D eigenvalue weighted by atomic mass is 9.85. The number of thiophene rings is 2. The number of nitriles is 2. The topological polar surface area (TPSA) is 52.5 Å². The number of hydrogen-bond donors (Lipinski definition) is 0. The summed E-state index contributed by atoms with van der Waals surface area (Å²) in [5.41, 5.74) is 10.9. The molecule has 0 bridgehead atoms. The van der Waals surface area contributed by atoms with Gasteiger partial charge in [0.2, 0.25) is 0 Å². The van der Waals surface area contributed by atoms with E-state index in [-0.39, 0.29) is 5.92 Å². The molecule has 0 saturated heterocycles. The minimum atomic E-state index is 0.136. The van der Waals surface area contributed by atoms with Crippen LogP contribution in [0.5, 0.6) is 0 Å². The third kappa shape index (κ3) is 4.38. The summed E-state index contributed by atoms with van der Waals surface area (Å²) in [5, 5.41) is 25.1. The molecule has 236 valence electrons. The maximum Gasteiger partial charge on any atom is 0.101 e. The van der Waals surface area contributed by atoms with E-state index in [1.807, 2.05) is 53.0 Å². The van der Waals surface area contributed by atoms with Crippen LogP contribution in [0, 0.1) is 28.6 Å². The third-order valence-electron chi connectivity index (χ3n) is 10.6. The Labute approximate surface area is 297 Å². The lowest BCUT2D eigenvalue weighted by Gasteiger charge is -2.24. The molecule has 10 rings (SSSR count). The Morgan fingerprint density at radius 3 is 2.38 bits per heavy atom. The Hall–Kier alpha value is -5.72. The van der Waals surface area contributed by atoms with Crippen molar-refractivity contribution in [3.8, 4) is 29.0 Å². The molecule has 3 aromatic heterocycles. The molecular weight excluding hydrogens is 647 g/mol. The molecule has 3 nitrogen and oxygen atoms in total. The highest BCUT2D eigenvalue weighted by Gasteiger charge is 2.28. The van der Waals surface area contributed by atoms with E-state index in [0.29, 0.717) is 17.0 Å². The fraction of sp³-hybridized carbons (Fsp3) is 0.111. The van der Waals surface area contributed by atoms with Crippen molar-refractivity contribution in [2.24, 2.45) is 5.92 Å². The average Bonchev–Trinajstić information content (AvgIpc) is 3.81. The van der Waals surface area contributed by atoms with Crippen LogP contribution in [-0.4, -0.2) is 4.57 Å². The maximum atomic E-state index is 10.5. The summed E-state index contributed by atoms with van der Waals surface area (Å²) in [6, 6.07) is 39.1. The molecule has 2 aliphatic rings. The monoisotopic (exact) mass is 675 g/mol. The lowest BCUT2D eigenvalue weighted by molar-refractivity contribution is 0.717. The van der Waals surface area contributed by atoms with Crippen LogP contribution < -0.4 is 0 Å². The predicted octanol–water partition coefficient (Wildman–Crippen LogP) is 12.2. The fourth-order valence-electron chi connectivity index (χ4n) is 8.24. The van der Waals surface area contributed by atoms with Crippen molar-refractivity contribution in [2.75, 3.05) is 0 Å². The minimum absolute atomic E-state index is 0.136. The average molecular weight is 676 g/mol. The van der Waals surface area contributed by atoms with Gasteiger partial charge in [-0.05, 0) is 113 Å². The van der Waals surface area contributed by atoms with Gasteiger partial charge >= 0.3 is 0 Å². The normalized spacial score (nSPS) is 16.5. The van der Waals surface area contributed by atoms with Gasteiger partial charge < -0.3 is 4.57 Å². The fourth-order valence-corrected chi connectivity index (χ4v) is 10.5. The molecule has 2 aliphatic carbocycles. The molecule has 5 aromatic carbocycles. The van der Waals surface area contributed by atoms with Gasteiger partial charge in [-0.25, -0.2) is 0 Å². The van der Waals surface area contributed by atoms with Crippen molar-refractivity contribution in [1.29, 1.82) is 10.5 Å². The number of nitrogens with zero attached hydrogens (tertiary/aromatic N) is 3. The Kier molecular flexibility index (Phi) is 6.52. The highest BCUT2D eigenvalue weighted by molar-refractivity contribution is 7.26. The van der Waals surface area contributed by atoms with Gasteiger partial charge in [0, 0.05) is 46.7 Å². The second-order valence-corrected chi connectivity index (χ2v) is 15.7. The van der Waals surface area contributed by atoms with E-state index in [4.69, 9.17) is 0 Å². The van der Waals surface area contributed by atoms with Crippen molar-refractivity contribution in [3.63, 3.8) is 0 Å². The Bertz CT molecular complexity index is 2880. The van der Waals surface area contributed by atoms with Crippen LogP contribution in [0.4, 0.5) is 0 Å². The molecule has 0 aliphatic heterocycles. The molecule has 5 heteroatoms. The summed E-state index contributed by atoms with van der Waals surface area (Å²) in [4.78, 5) is 1.32. The number of fused-ring (bicyclic) bond motifs is 9. The van der Waals surface area contributed by atoms with Crippen LogP contribution in [0.25, 0.3) is 70.1 Å². The second kappa shape index (κ2) is 11.2. The third-order valence-corrected chi connectivity index (χ3v) is 12.9. The molecule has 0 N–H and O–H groups in total. The van der Waals surface area contributed by atoms with Gasteiger partial charge in [0.1, 0.15) is 6.07 Å². The van der Waals surface area contributed by atoms with Gasteiger partial charge in [0.15, 0.2) is 0 Å². The summed E-state index contributed by atoms with van der Waals surface area (Å²) in [5.74, 6) is 0.617. The highest BCUT2D eigenvalue weighted by atomic mass is 32.1. The van der Waals surface area contributed by atoms with E-state index in [0.717, 1.165) is 35.2 Å². The quantitative estimate of drug-likeness (QED) is 0.187. The molecule has 0 saturated carbocycles. The molecule has 0 radical (unpaired) electrons. The Morgan fingerprint density at radius 1 is 0.660 bits per heavy atom.